The fourth-order valence-electron chi connectivity index (χ4n) is 2.48. The van der Waals surface area contributed by atoms with E-state index >= 15 is 0 Å². The summed E-state index contributed by atoms with van der Waals surface area (Å²) in [6, 6.07) is 0. The van der Waals surface area contributed by atoms with Crippen LogP contribution in [0.3, 0.4) is 0 Å². The average molecular weight is 250 g/mol. The number of hydrogen-bond acceptors (Lipinski definition) is 3. The number of hydrogen-bond donors (Lipinski definition) is 0. The summed E-state index contributed by atoms with van der Waals surface area (Å²) in [5.41, 5.74) is 1.79. The fraction of sp³-hybridized carbons (Fsp3) is 0.692. The van der Waals surface area contributed by atoms with Crippen LogP contribution in [0.15, 0.2) is 6.20 Å². The van der Waals surface area contributed by atoms with E-state index in [0.717, 1.165) is 37.4 Å². The second-order valence-corrected chi connectivity index (χ2v) is 5.32. The molecule has 2 heterocycles. The van der Waals surface area contributed by atoms with Gasteiger partial charge in [0.1, 0.15) is 0 Å². The molecule has 0 aliphatic carbocycles. The van der Waals surface area contributed by atoms with E-state index in [4.69, 9.17) is 0 Å². The van der Waals surface area contributed by atoms with Gasteiger partial charge in [-0.2, -0.15) is 5.10 Å². The van der Waals surface area contributed by atoms with Crippen molar-refractivity contribution in [1.29, 1.82) is 0 Å². The summed E-state index contributed by atoms with van der Waals surface area (Å²) in [6.45, 7) is 7.70. The van der Waals surface area contributed by atoms with Gasteiger partial charge in [0.15, 0.2) is 0 Å². The maximum atomic E-state index is 12.5. The van der Waals surface area contributed by atoms with Crippen molar-refractivity contribution >= 4 is 5.91 Å². The molecule has 1 aromatic rings. The Bertz CT molecular complexity index is 430. The molecule has 0 aromatic carbocycles. The molecule has 0 spiro atoms. The van der Waals surface area contributed by atoms with Gasteiger partial charge in [0, 0.05) is 33.2 Å². The molecule has 2 rings (SSSR count). The van der Waals surface area contributed by atoms with E-state index in [1.807, 2.05) is 16.6 Å². The molecule has 1 aromatic heterocycles. The topological polar surface area (TPSA) is 41.4 Å². The molecule has 0 N–H and O–H groups in total. The summed E-state index contributed by atoms with van der Waals surface area (Å²) in [7, 11) is 3.99. The number of carbonyl (C=O) groups excluding carboxylic acids is 1. The lowest BCUT2D eigenvalue weighted by Crippen LogP contribution is -2.47. The number of carbonyl (C=O) groups is 1. The lowest BCUT2D eigenvalue weighted by Gasteiger charge is -2.32. The van der Waals surface area contributed by atoms with Crippen LogP contribution >= 0.6 is 0 Å². The predicted molar refractivity (Wildman–Crippen MR) is 70.7 cm³/mol. The summed E-state index contributed by atoms with van der Waals surface area (Å²) in [5, 5.41) is 4.23. The van der Waals surface area contributed by atoms with Gasteiger partial charge in [-0.25, -0.2) is 0 Å². The minimum Gasteiger partial charge on any atom is -0.336 e. The van der Waals surface area contributed by atoms with E-state index in [1.165, 1.54) is 0 Å². The molecule has 18 heavy (non-hydrogen) atoms. The smallest absolute Gasteiger partial charge is 0.257 e. The highest BCUT2D eigenvalue weighted by Crippen LogP contribution is 2.20. The van der Waals surface area contributed by atoms with Crippen LogP contribution in [-0.2, 0) is 7.05 Å². The van der Waals surface area contributed by atoms with E-state index in [-0.39, 0.29) is 5.91 Å². The molecular formula is C13H22N4O. The van der Waals surface area contributed by atoms with E-state index in [2.05, 4.69) is 30.9 Å². The Hall–Kier alpha value is -1.36. The van der Waals surface area contributed by atoms with Crippen LogP contribution in [0.1, 0.15) is 35.8 Å². The van der Waals surface area contributed by atoms with Gasteiger partial charge in [0.25, 0.3) is 5.91 Å². The highest BCUT2D eigenvalue weighted by atomic mass is 16.2. The molecule has 0 unspecified atom stereocenters. The monoisotopic (exact) mass is 250 g/mol. The normalized spacial score (nSPS) is 17.5. The van der Waals surface area contributed by atoms with Crippen molar-refractivity contribution in [2.75, 3.05) is 33.2 Å². The largest absolute Gasteiger partial charge is 0.336 e. The molecule has 0 saturated carbocycles. The zero-order valence-corrected chi connectivity index (χ0v) is 11.7. The first-order valence-corrected chi connectivity index (χ1v) is 6.50. The van der Waals surface area contributed by atoms with Gasteiger partial charge in [-0.15, -0.1) is 0 Å². The van der Waals surface area contributed by atoms with Crippen LogP contribution < -0.4 is 0 Å². The molecule has 0 bridgehead atoms. The zero-order chi connectivity index (χ0) is 13.3. The second kappa shape index (κ2) is 5.10. The molecule has 0 atom stereocenters. The third-order valence-corrected chi connectivity index (χ3v) is 3.55. The first-order valence-electron chi connectivity index (χ1n) is 6.50. The van der Waals surface area contributed by atoms with E-state index in [1.54, 1.807) is 6.20 Å². The molecule has 1 saturated heterocycles. The number of nitrogens with zero attached hydrogens (tertiary/aromatic N) is 4. The number of amides is 1. The van der Waals surface area contributed by atoms with E-state index in [0.29, 0.717) is 5.92 Å². The lowest BCUT2D eigenvalue weighted by molar-refractivity contribution is 0.0662. The van der Waals surface area contributed by atoms with Crippen LogP contribution in [0, 0.1) is 0 Å². The Balaban J connectivity index is 2.19. The van der Waals surface area contributed by atoms with Crippen LogP contribution in [0.4, 0.5) is 0 Å². The van der Waals surface area contributed by atoms with Crippen LogP contribution in [-0.4, -0.2) is 58.7 Å². The number of piperazine rings is 1. The Morgan fingerprint density at radius 1 is 1.22 bits per heavy atom. The van der Waals surface area contributed by atoms with E-state index in [9.17, 15) is 4.79 Å². The Morgan fingerprint density at radius 2 is 1.83 bits per heavy atom. The van der Waals surface area contributed by atoms with Gasteiger partial charge in [0.05, 0.1) is 17.5 Å². The Morgan fingerprint density at radius 3 is 2.39 bits per heavy atom. The van der Waals surface area contributed by atoms with Crippen molar-refractivity contribution < 1.29 is 4.79 Å². The fourth-order valence-corrected chi connectivity index (χ4v) is 2.48. The minimum absolute atomic E-state index is 0.125. The maximum Gasteiger partial charge on any atom is 0.257 e. The van der Waals surface area contributed by atoms with Crippen molar-refractivity contribution in [2.24, 2.45) is 7.05 Å². The van der Waals surface area contributed by atoms with Gasteiger partial charge in [-0.1, -0.05) is 13.8 Å². The van der Waals surface area contributed by atoms with Gasteiger partial charge < -0.3 is 9.80 Å². The Kier molecular flexibility index (Phi) is 3.71. The minimum atomic E-state index is 0.125. The number of likely N-dealkylation sites (N-methyl/N-ethyl adjacent to an activating group) is 1. The molecule has 100 valence electrons. The predicted octanol–water partition coefficient (Wildman–Crippen LogP) is 0.931. The van der Waals surface area contributed by atoms with Crippen molar-refractivity contribution in [1.82, 2.24) is 19.6 Å². The third-order valence-electron chi connectivity index (χ3n) is 3.55. The highest BCUT2D eigenvalue weighted by Gasteiger charge is 2.25. The summed E-state index contributed by atoms with van der Waals surface area (Å²) in [6.07, 6.45) is 1.70. The van der Waals surface area contributed by atoms with Gasteiger partial charge in [-0.3, -0.25) is 9.48 Å². The number of aryl methyl sites for hydroxylation is 1. The lowest BCUT2D eigenvalue weighted by atomic mass is 10.0. The van der Waals surface area contributed by atoms with Crippen molar-refractivity contribution in [2.45, 2.75) is 19.8 Å². The zero-order valence-electron chi connectivity index (χ0n) is 11.7. The third kappa shape index (κ3) is 2.41. The Labute approximate surface area is 108 Å². The summed E-state index contributed by atoms with van der Waals surface area (Å²) in [5.74, 6) is 0.434. The van der Waals surface area contributed by atoms with Crippen LogP contribution in [0.2, 0.25) is 0 Å². The summed E-state index contributed by atoms with van der Waals surface area (Å²) < 4.78 is 1.81. The first kappa shape index (κ1) is 13.1. The van der Waals surface area contributed by atoms with Crippen molar-refractivity contribution in [3.8, 4) is 0 Å². The quantitative estimate of drug-likeness (QED) is 0.784. The summed E-state index contributed by atoms with van der Waals surface area (Å²) >= 11 is 0. The van der Waals surface area contributed by atoms with Crippen molar-refractivity contribution in [3.05, 3.63) is 17.5 Å². The molecule has 5 nitrogen and oxygen atoms in total. The summed E-state index contributed by atoms with van der Waals surface area (Å²) in [4.78, 5) is 16.7. The van der Waals surface area contributed by atoms with Crippen LogP contribution in [0.25, 0.3) is 0 Å². The molecule has 5 heteroatoms. The van der Waals surface area contributed by atoms with E-state index < -0.39 is 0 Å². The van der Waals surface area contributed by atoms with Crippen LogP contribution in [0.5, 0.6) is 0 Å². The first-order chi connectivity index (χ1) is 8.50. The molecule has 1 aliphatic rings. The van der Waals surface area contributed by atoms with Gasteiger partial charge >= 0.3 is 0 Å². The molecule has 1 amide bonds. The molecule has 1 fully saturated rings. The second-order valence-electron chi connectivity index (χ2n) is 5.32. The number of aromatic nitrogens is 2. The maximum absolute atomic E-state index is 12.5. The van der Waals surface area contributed by atoms with Gasteiger partial charge in [-0.05, 0) is 13.0 Å². The highest BCUT2D eigenvalue weighted by molar-refractivity contribution is 5.95. The molecule has 0 radical (unpaired) electrons. The molecular weight excluding hydrogens is 228 g/mol. The standard InChI is InChI=1S/C13H22N4O/c1-10(2)12-11(9-14-16(12)4)13(18)17-7-5-15(3)6-8-17/h9-10H,5-8H2,1-4H3. The van der Waals surface area contributed by atoms with Gasteiger partial charge in [0.2, 0.25) is 0 Å². The van der Waals surface area contributed by atoms with Crippen molar-refractivity contribution in [3.63, 3.8) is 0 Å². The molecule has 1 aliphatic heterocycles. The average Bonchev–Trinajstić information content (AvgIpc) is 2.71. The SMILES string of the molecule is CC(C)c1c(C(=O)N2CCN(C)CC2)cnn1C. The number of rotatable bonds is 2.